The molecule has 96 valence electrons. The van der Waals surface area contributed by atoms with Gasteiger partial charge in [0.25, 0.3) is 0 Å². The SMILES string of the molecule is COc1ccc2c(c1)NC(=O)C(CC(=O)O)N2C. The molecule has 18 heavy (non-hydrogen) atoms. The molecule has 0 bridgehead atoms. The van der Waals surface area contributed by atoms with Gasteiger partial charge in [0.2, 0.25) is 5.91 Å². The van der Waals surface area contributed by atoms with Gasteiger partial charge in [-0.15, -0.1) is 0 Å². The summed E-state index contributed by atoms with van der Waals surface area (Å²) < 4.78 is 5.08. The Kier molecular flexibility index (Phi) is 3.10. The summed E-state index contributed by atoms with van der Waals surface area (Å²) in [4.78, 5) is 24.3. The third-order valence-electron chi connectivity index (χ3n) is 2.98. The molecule has 1 amide bonds. The van der Waals surface area contributed by atoms with Gasteiger partial charge < -0.3 is 20.1 Å². The van der Waals surface area contributed by atoms with Crippen LogP contribution in [0.3, 0.4) is 0 Å². The molecule has 1 atom stereocenters. The molecule has 0 aliphatic carbocycles. The van der Waals surface area contributed by atoms with Crippen LogP contribution in [0, 0.1) is 0 Å². The van der Waals surface area contributed by atoms with E-state index in [1.807, 2.05) is 0 Å². The molecule has 1 unspecified atom stereocenters. The van der Waals surface area contributed by atoms with Crippen molar-refractivity contribution in [1.82, 2.24) is 0 Å². The number of hydrogen-bond acceptors (Lipinski definition) is 4. The maximum absolute atomic E-state index is 11.8. The number of ether oxygens (including phenoxy) is 1. The van der Waals surface area contributed by atoms with Crippen LogP contribution in [0.25, 0.3) is 0 Å². The van der Waals surface area contributed by atoms with Crippen molar-refractivity contribution in [3.8, 4) is 5.75 Å². The number of nitrogens with zero attached hydrogens (tertiary/aromatic N) is 1. The number of hydrogen-bond donors (Lipinski definition) is 2. The van der Waals surface area contributed by atoms with Crippen molar-refractivity contribution < 1.29 is 19.4 Å². The van der Waals surface area contributed by atoms with Gasteiger partial charge in [-0.25, -0.2) is 0 Å². The number of benzene rings is 1. The van der Waals surface area contributed by atoms with Crippen LogP contribution in [0.5, 0.6) is 5.75 Å². The van der Waals surface area contributed by atoms with Crippen molar-refractivity contribution in [3.05, 3.63) is 18.2 Å². The number of fused-ring (bicyclic) bond motifs is 1. The number of likely N-dealkylation sites (N-methyl/N-ethyl adjacent to an activating group) is 1. The quantitative estimate of drug-likeness (QED) is 0.834. The normalized spacial score (nSPS) is 18.0. The lowest BCUT2D eigenvalue weighted by atomic mass is 10.1. The Morgan fingerprint density at radius 1 is 1.56 bits per heavy atom. The van der Waals surface area contributed by atoms with Crippen molar-refractivity contribution in [3.63, 3.8) is 0 Å². The molecule has 2 rings (SSSR count). The standard InChI is InChI=1S/C12H14N2O4/c1-14-9-4-3-7(18-2)5-8(9)13-12(17)10(14)6-11(15)16/h3-5,10H,6H2,1-2H3,(H,13,17)(H,15,16). The zero-order valence-corrected chi connectivity index (χ0v) is 10.1. The zero-order valence-electron chi connectivity index (χ0n) is 10.1. The van der Waals surface area contributed by atoms with E-state index in [9.17, 15) is 9.59 Å². The highest BCUT2D eigenvalue weighted by molar-refractivity contribution is 6.05. The largest absolute Gasteiger partial charge is 0.497 e. The molecule has 0 spiro atoms. The van der Waals surface area contributed by atoms with Crippen molar-refractivity contribution in [2.24, 2.45) is 0 Å². The lowest BCUT2D eigenvalue weighted by Crippen LogP contribution is -2.47. The Bertz CT molecular complexity index is 501. The van der Waals surface area contributed by atoms with E-state index in [4.69, 9.17) is 9.84 Å². The van der Waals surface area contributed by atoms with Gasteiger partial charge in [-0.05, 0) is 12.1 Å². The number of carbonyl (C=O) groups is 2. The molecule has 1 aliphatic heterocycles. The average molecular weight is 250 g/mol. The third-order valence-corrected chi connectivity index (χ3v) is 2.98. The molecule has 0 saturated carbocycles. The van der Waals surface area contributed by atoms with E-state index >= 15 is 0 Å². The second-order valence-electron chi connectivity index (χ2n) is 4.10. The predicted molar refractivity (Wildman–Crippen MR) is 66.1 cm³/mol. The second-order valence-corrected chi connectivity index (χ2v) is 4.10. The van der Waals surface area contributed by atoms with E-state index in [1.54, 1.807) is 37.3 Å². The van der Waals surface area contributed by atoms with E-state index < -0.39 is 12.0 Å². The lowest BCUT2D eigenvalue weighted by Gasteiger charge is -2.34. The van der Waals surface area contributed by atoms with Crippen molar-refractivity contribution in [1.29, 1.82) is 0 Å². The van der Waals surface area contributed by atoms with E-state index in [1.165, 1.54) is 0 Å². The van der Waals surface area contributed by atoms with Gasteiger partial charge in [0.05, 0.1) is 24.9 Å². The Balaban J connectivity index is 2.35. The molecule has 2 N–H and O–H groups in total. The highest BCUT2D eigenvalue weighted by Gasteiger charge is 2.32. The van der Waals surface area contributed by atoms with Crippen LogP contribution >= 0.6 is 0 Å². The van der Waals surface area contributed by atoms with Crippen LogP contribution in [0.1, 0.15) is 6.42 Å². The highest BCUT2D eigenvalue weighted by atomic mass is 16.5. The number of rotatable bonds is 3. The van der Waals surface area contributed by atoms with Gasteiger partial charge >= 0.3 is 5.97 Å². The van der Waals surface area contributed by atoms with Gasteiger partial charge in [-0.1, -0.05) is 0 Å². The van der Waals surface area contributed by atoms with Crippen LogP contribution < -0.4 is 15.0 Å². The first-order chi connectivity index (χ1) is 8.52. The smallest absolute Gasteiger partial charge is 0.305 e. The number of anilines is 2. The van der Waals surface area contributed by atoms with E-state index in [2.05, 4.69) is 5.32 Å². The van der Waals surface area contributed by atoms with Crippen molar-refractivity contribution >= 4 is 23.3 Å². The second kappa shape index (κ2) is 4.56. The highest BCUT2D eigenvalue weighted by Crippen LogP contribution is 2.34. The van der Waals surface area contributed by atoms with Crippen LogP contribution in [0.2, 0.25) is 0 Å². The first-order valence-electron chi connectivity index (χ1n) is 5.46. The molecular formula is C12H14N2O4. The molecule has 6 nitrogen and oxygen atoms in total. The monoisotopic (exact) mass is 250 g/mol. The minimum atomic E-state index is -1.00. The van der Waals surface area contributed by atoms with Crippen molar-refractivity contribution in [2.75, 3.05) is 24.4 Å². The van der Waals surface area contributed by atoms with Gasteiger partial charge in [0.1, 0.15) is 11.8 Å². The fourth-order valence-electron chi connectivity index (χ4n) is 2.00. The summed E-state index contributed by atoms with van der Waals surface area (Å²) >= 11 is 0. The number of amides is 1. The summed E-state index contributed by atoms with van der Waals surface area (Å²) in [6.07, 6.45) is -0.228. The van der Waals surface area contributed by atoms with Crippen LogP contribution in [0.15, 0.2) is 18.2 Å². The molecule has 0 radical (unpaired) electrons. The molecular weight excluding hydrogens is 236 g/mol. The minimum Gasteiger partial charge on any atom is -0.497 e. The molecule has 1 aromatic rings. The van der Waals surface area contributed by atoms with Crippen LogP contribution in [-0.4, -0.2) is 37.2 Å². The number of carbonyl (C=O) groups excluding carboxylic acids is 1. The molecule has 0 fully saturated rings. The summed E-state index contributed by atoms with van der Waals surface area (Å²) in [5.74, 6) is -0.682. The minimum absolute atomic E-state index is 0.228. The fourth-order valence-corrected chi connectivity index (χ4v) is 2.00. The maximum Gasteiger partial charge on any atom is 0.305 e. The lowest BCUT2D eigenvalue weighted by molar-refractivity contribution is -0.138. The number of methoxy groups -OCH3 is 1. The van der Waals surface area contributed by atoms with Gasteiger partial charge in [-0.2, -0.15) is 0 Å². The number of carboxylic acids is 1. The average Bonchev–Trinajstić information content (AvgIpc) is 2.33. The van der Waals surface area contributed by atoms with Gasteiger partial charge in [0.15, 0.2) is 0 Å². The zero-order chi connectivity index (χ0) is 13.3. The Morgan fingerprint density at radius 2 is 2.28 bits per heavy atom. The summed E-state index contributed by atoms with van der Waals surface area (Å²) in [7, 11) is 3.25. The molecule has 1 aromatic carbocycles. The van der Waals surface area contributed by atoms with Crippen LogP contribution in [-0.2, 0) is 9.59 Å². The van der Waals surface area contributed by atoms with Gasteiger partial charge in [-0.3, -0.25) is 9.59 Å². The first-order valence-corrected chi connectivity index (χ1v) is 5.46. The summed E-state index contributed by atoms with van der Waals surface area (Å²) in [6, 6.07) is 4.58. The van der Waals surface area contributed by atoms with Gasteiger partial charge in [0, 0.05) is 13.1 Å². The summed E-state index contributed by atoms with van der Waals surface area (Å²) in [6.45, 7) is 0. The molecule has 6 heteroatoms. The number of nitrogens with one attached hydrogen (secondary N) is 1. The van der Waals surface area contributed by atoms with E-state index in [-0.39, 0.29) is 12.3 Å². The third kappa shape index (κ3) is 2.09. The van der Waals surface area contributed by atoms with E-state index in [0.29, 0.717) is 11.4 Å². The summed E-state index contributed by atoms with van der Waals surface area (Å²) in [5.41, 5.74) is 1.41. The summed E-state index contributed by atoms with van der Waals surface area (Å²) in [5, 5.41) is 11.5. The molecule has 1 aliphatic rings. The Morgan fingerprint density at radius 3 is 2.89 bits per heavy atom. The topological polar surface area (TPSA) is 78.9 Å². The predicted octanol–water partition coefficient (Wildman–Crippen LogP) is 0.927. The molecule has 1 heterocycles. The molecule has 0 aromatic heterocycles. The van der Waals surface area contributed by atoms with E-state index in [0.717, 1.165) is 5.69 Å². The van der Waals surface area contributed by atoms with Crippen molar-refractivity contribution in [2.45, 2.75) is 12.5 Å². The Hall–Kier alpha value is -2.24. The molecule has 0 saturated heterocycles. The number of carboxylic acid groups (broad SMARTS) is 1. The Labute approximate surface area is 104 Å². The first kappa shape index (κ1) is 12.2. The van der Waals surface area contributed by atoms with Crippen LogP contribution in [0.4, 0.5) is 11.4 Å². The number of aliphatic carboxylic acids is 1. The fraction of sp³-hybridized carbons (Fsp3) is 0.333. The maximum atomic E-state index is 11.8.